The highest BCUT2D eigenvalue weighted by molar-refractivity contribution is 6.08. The van der Waals surface area contributed by atoms with E-state index in [1.807, 2.05) is 6.07 Å². The lowest BCUT2D eigenvalue weighted by atomic mass is 10.0. The van der Waals surface area contributed by atoms with Gasteiger partial charge in [0.2, 0.25) is 0 Å². The molecule has 2 N–H and O–H groups in total. The van der Waals surface area contributed by atoms with Crippen LogP contribution in [0.25, 0.3) is 0 Å². The van der Waals surface area contributed by atoms with Gasteiger partial charge in [-0.2, -0.15) is 0 Å². The van der Waals surface area contributed by atoms with Gasteiger partial charge in [-0.3, -0.25) is 14.5 Å². The molecule has 1 aliphatic rings. The standard InChI is InChI=1S/C17H17N3O3/c1-17(2)16(22)20(10-12(21)11-6-4-3-5-7-11)15-13(23-17)8-9-14(18)19-15/h3-9H,10H2,1-2H3,(H2,18,19). The zero-order chi connectivity index (χ0) is 16.6. The number of nitrogens with two attached hydrogens (primary N) is 1. The van der Waals surface area contributed by atoms with Crippen molar-refractivity contribution < 1.29 is 14.3 Å². The number of nitrogens with zero attached hydrogens (tertiary/aromatic N) is 2. The van der Waals surface area contributed by atoms with Crippen molar-refractivity contribution in [2.75, 3.05) is 17.2 Å². The molecule has 1 aliphatic heterocycles. The summed E-state index contributed by atoms with van der Waals surface area (Å²) in [6.45, 7) is 3.21. The highest BCUT2D eigenvalue weighted by Crippen LogP contribution is 2.36. The van der Waals surface area contributed by atoms with Crippen LogP contribution in [0.1, 0.15) is 24.2 Å². The average Bonchev–Trinajstić information content (AvgIpc) is 2.53. The molecule has 6 heteroatoms. The van der Waals surface area contributed by atoms with Crippen LogP contribution in [0.2, 0.25) is 0 Å². The lowest BCUT2D eigenvalue weighted by Crippen LogP contribution is -2.54. The van der Waals surface area contributed by atoms with E-state index in [-0.39, 0.29) is 29.9 Å². The normalized spacial score (nSPS) is 15.7. The maximum Gasteiger partial charge on any atom is 0.272 e. The minimum absolute atomic E-state index is 0.112. The number of carbonyl (C=O) groups excluding carboxylic acids is 2. The summed E-state index contributed by atoms with van der Waals surface area (Å²) in [7, 11) is 0. The first-order chi connectivity index (χ1) is 10.9. The number of nitrogen functional groups attached to an aromatic ring is 1. The molecule has 0 radical (unpaired) electrons. The molecule has 1 aromatic heterocycles. The molecule has 0 fully saturated rings. The van der Waals surface area contributed by atoms with Gasteiger partial charge in [0.05, 0.1) is 6.54 Å². The average molecular weight is 311 g/mol. The molecule has 2 heterocycles. The Bertz CT molecular complexity index is 772. The van der Waals surface area contributed by atoms with Crippen molar-refractivity contribution in [2.24, 2.45) is 0 Å². The van der Waals surface area contributed by atoms with E-state index < -0.39 is 5.60 Å². The van der Waals surface area contributed by atoms with Crippen LogP contribution < -0.4 is 15.4 Å². The van der Waals surface area contributed by atoms with E-state index in [2.05, 4.69) is 4.98 Å². The Kier molecular flexibility index (Phi) is 3.52. The number of fused-ring (bicyclic) bond motifs is 1. The Labute approximate surface area is 133 Å². The minimum Gasteiger partial charge on any atom is -0.474 e. The number of anilines is 2. The number of amides is 1. The Balaban J connectivity index is 1.98. The number of aromatic nitrogens is 1. The number of pyridine rings is 1. The van der Waals surface area contributed by atoms with Crippen LogP contribution in [0.5, 0.6) is 5.75 Å². The zero-order valence-electron chi connectivity index (χ0n) is 12.9. The van der Waals surface area contributed by atoms with Crippen LogP contribution in [-0.2, 0) is 4.79 Å². The molecule has 23 heavy (non-hydrogen) atoms. The Morgan fingerprint density at radius 3 is 2.61 bits per heavy atom. The van der Waals surface area contributed by atoms with Crippen molar-refractivity contribution >= 4 is 23.3 Å². The van der Waals surface area contributed by atoms with Gasteiger partial charge in [0.25, 0.3) is 5.91 Å². The van der Waals surface area contributed by atoms with Gasteiger partial charge in [-0.25, -0.2) is 4.98 Å². The summed E-state index contributed by atoms with van der Waals surface area (Å²) in [5.41, 5.74) is 5.18. The van der Waals surface area contributed by atoms with Crippen molar-refractivity contribution in [3.63, 3.8) is 0 Å². The summed E-state index contributed by atoms with van der Waals surface area (Å²) in [5.74, 6) is 0.472. The molecule has 0 bridgehead atoms. The van der Waals surface area contributed by atoms with Gasteiger partial charge in [0.15, 0.2) is 23.0 Å². The number of ether oxygens (including phenoxy) is 1. The number of rotatable bonds is 3. The largest absolute Gasteiger partial charge is 0.474 e. The molecule has 118 valence electrons. The molecule has 6 nitrogen and oxygen atoms in total. The van der Waals surface area contributed by atoms with Gasteiger partial charge in [-0.05, 0) is 26.0 Å². The second kappa shape index (κ2) is 5.39. The Hall–Kier alpha value is -2.89. The van der Waals surface area contributed by atoms with Crippen molar-refractivity contribution in [1.29, 1.82) is 0 Å². The van der Waals surface area contributed by atoms with Gasteiger partial charge in [-0.1, -0.05) is 30.3 Å². The Morgan fingerprint density at radius 2 is 1.91 bits per heavy atom. The molecular weight excluding hydrogens is 294 g/mol. The topological polar surface area (TPSA) is 85.5 Å². The maximum absolute atomic E-state index is 12.7. The molecule has 0 atom stereocenters. The molecule has 0 aliphatic carbocycles. The fourth-order valence-corrected chi connectivity index (χ4v) is 2.47. The van der Waals surface area contributed by atoms with Crippen molar-refractivity contribution in [2.45, 2.75) is 19.4 Å². The first-order valence-corrected chi connectivity index (χ1v) is 7.24. The van der Waals surface area contributed by atoms with E-state index >= 15 is 0 Å². The van der Waals surface area contributed by atoms with Gasteiger partial charge >= 0.3 is 0 Å². The smallest absolute Gasteiger partial charge is 0.272 e. The third kappa shape index (κ3) is 2.75. The summed E-state index contributed by atoms with van der Waals surface area (Å²) < 4.78 is 5.68. The van der Waals surface area contributed by atoms with Gasteiger partial charge in [0.1, 0.15) is 5.82 Å². The third-order valence-corrected chi connectivity index (χ3v) is 3.64. The van der Waals surface area contributed by atoms with E-state index in [1.165, 1.54) is 4.90 Å². The van der Waals surface area contributed by atoms with Crippen LogP contribution in [0.15, 0.2) is 42.5 Å². The number of hydrogen-bond donors (Lipinski definition) is 1. The second-order valence-corrected chi connectivity index (χ2v) is 5.85. The van der Waals surface area contributed by atoms with Crippen LogP contribution in [-0.4, -0.2) is 28.8 Å². The van der Waals surface area contributed by atoms with Crippen LogP contribution in [0.3, 0.4) is 0 Å². The zero-order valence-corrected chi connectivity index (χ0v) is 12.9. The predicted molar refractivity (Wildman–Crippen MR) is 86.5 cm³/mol. The number of benzene rings is 1. The molecule has 0 spiro atoms. The number of Topliss-reactive ketones (excluding diaryl/α,β-unsaturated/α-hetero) is 1. The Morgan fingerprint density at radius 1 is 1.22 bits per heavy atom. The molecular formula is C17H17N3O3. The van der Waals surface area contributed by atoms with Crippen LogP contribution >= 0.6 is 0 Å². The summed E-state index contributed by atoms with van der Waals surface area (Å²) in [5, 5.41) is 0. The molecule has 1 amide bonds. The van der Waals surface area contributed by atoms with Gasteiger partial charge in [-0.15, -0.1) is 0 Å². The van der Waals surface area contributed by atoms with E-state index in [4.69, 9.17) is 10.5 Å². The minimum atomic E-state index is -1.07. The number of hydrogen-bond acceptors (Lipinski definition) is 5. The molecule has 3 rings (SSSR count). The lowest BCUT2D eigenvalue weighted by Gasteiger charge is -2.37. The fraction of sp³-hybridized carbons (Fsp3) is 0.235. The summed E-state index contributed by atoms with van der Waals surface area (Å²) >= 11 is 0. The SMILES string of the molecule is CC1(C)Oc2ccc(N)nc2N(CC(=O)c2ccccc2)C1=O. The summed E-state index contributed by atoms with van der Waals surface area (Å²) in [4.78, 5) is 30.6. The molecule has 2 aromatic rings. The van der Waals surface area contributed by atoms with Crippen LogP contribution in [0, 0.1) is 0 Å². The van der Waals surface area contributed by atoms with E-state index in [9.17, 15) is 9.59 Å². The summed E-state index contributed by atoms with van der Waals surface area (Å²) in [6, 6.07) is 12.1. The highest BCUT2D eigenvalue weighted by Gasteiger charge is 2.42. The van der Waals surface area contributed by atoms with Crippen molar-refractivity contribution in [1.82, 2.24) is 4.98 Å². The first-order valence-electron chi connectivity index (χ1n) is 7.24. The fourth-order valence-electron chi connectivity index (χ4n) is 2.47. The van der Waals surface area contributed by atoms with E-state index in [0.717, 1.165) is 0 Å². The lowest BCUT2D eigenvalue weighted by molar-refractivity contribution is -0.132. The quantitative estimate of drug-likeness (QED) is 0.877. The predicted octanol–water partition coefficient (Wildman–Crippen LogP) is 2.05. The molecule has 0 saturated carbocycles. The number of ketones is 1. The third-order valence-electron chi connectivity index (χ3n) is 3.64. The van der Waals surface area contributed by atoms with E-state index in [0.29, 0.717) is 11.3 Å². The highest BCUT2D eigenvalue weighted by atomic mass is 16.5. The monoisotopic (exact) mass is 311 g/mol. The maximum atomic E-state index is 12.7. The first kappa shape index (κ1) is 15.0. The molecule has 0 saturated heterocycles. The van der Waals surface area contributed by atoms with Crippen LogP contribution in [0.4, 0.5) is 11.6 Å². The molecule has 0 unspecified atom stereocenters. The van der Waals surface area contributed by atoms with Crippen molar-refractivity contribution in [3.8, 4) is 5.75 Å². The van der Waals surface area contributed by atoms with E-state index in [1.54, 1.807) is 50.2 Å². The van der Waals surface area contributed by atoms with Gasteiger partial charge < -0.3 is 10.5 Å². The second-order valence-electron chi connectivity index (χ2n) is 5.85. The van der Waals surface area contributed by atoms with Crippen molar-refractivity contribution in [3.05, 3.63) is 48.0 Å². The summed E-state index contributed by atoms with van der Waals surface area (Å²) in [6.07, 6.45) is 0. The van der Waals surface area contributed by atoms with Gasteiger partial charge in [0, 0.05) is 5.56 Å². The molecule has 1 aromatic carbocycles. The number of carbonyl (C=O) groups is 2.